The molecule has 0 saturated carbocycles. The Balaban J connectivity index is 1.95. The molecule has 16 heavy (non-hydrogen) atoms. The molecule has 1 unspecified atom stereocenters. The third-order valence-electron chi connectivity index (χ3n) is 3.34. The van der Waals surface area contributed by atoms with E-state index in [1.165, 1.54) is 6.26 Å². The SMILES string of the molecule is CS(=O)(=O)NC1CC2(CNC2)n2ccnc21. The molecular formula is C9H14N4O2S. The Labute approximate surface area is 94.1 Å². The van der Waals surface area contributed by atoms with Gasteiger partial charge in [0.15, 0.2) is 0 Å². The second-order valence-corrected chi connectivity index (χ2v) is 6.41. The number of fused-ring (bicyclic) bond motifs is 2. The summed E-state index contributed by atoms with van der Waals surface area (Å²) < 4.78 is 27.3. The van der Waals surface area contributed by atoms with Crippen molar-refractivity contribution in [2.24, 2.45) is 0 Å². The molecule has 1 fully saturated rings. The van der Waals surface area contributed by atoms with Gasteiger partial charge in [0.25, 0.3) is 0 Å². The maximum atomic E-state index is 11.3. The van der Waals surface area contributed by atoms with Crippen molar-refractivity contribution >= 4 is 10.0 Å². The number of hydrogen-bond acceptors (Lipinski definition) is 4. The highest BCUT2D eigenvalue weighted by molar-refractivity contribution is 7.88. The smallest absolute Gasteiger partial charge is 0.209 e. The fourth-order valence-corrected chi connectivity index (χ4v) is 3.33. The van der Waals surface area contributed by atoms with Crippen LogP contribution in [0.1, 0.15) is 18.3 Å². The molecule has 2 aliphatic rings. The highest BCUT2D eigenvalue weighted by Gasteiger charge is 2.48. The monoisotopic (exact) mass is 242 g/mol. The van der Waals surface area contributed by atoms with Crippen LogP contribution in [-0.2, 0) is 15.6 Å². The second kappa shape index (κ2) is 3.06. The Morgan fingerprint density at radius 1 is 1.62 bits per heavy atom. The Kier molecular flexibility index (Phi) is 1.96. The minimum Gasteiger partial charge on any atom is -0.325 e. The summed E-state index contributed by atoms with van der Waals surface area (Å²) in [7, 11) is -3.19. The van der Waals surface area contributed by atoms with E-state index in [0.29, 0.717) is 0 Å². The highest BCUT2D eigenvalue weighted by atomic mass is 32.2. The van der Waals surface area contributed by atoms with E-state index in [0.717, 1.165) is 25.3 Å². The summed E-state index contributed by atoms with van der Waals surface area (Å²) in [4.78, 5) is 4.25. The first-order chi connectivity index (χ1) is 7.50. The summed E-state index contributed by atoms with van der Waals surface area (Å²) in [5.41, 5.74) is 0.0359. The third kappa shape index (κ3) is 1.39. The second-order valence-electron chi connectivity index (χ2n) is 4.63. The average molecular weight is 242 g/mol. The molecule has 1 aromatic heterocycles. The van der Waals surface area contributed by atoms with Crippen molar-refractivity contribution < 1.29 is 8.42 Å². The van der Waals surface area contributed by atoms with Gasteiger partial charge in [-0.3, -0.25) is 0 Å². The summed E-state index contributed by atoms with van der Waals surface area (Å²) in [6.07, 6.45) is 5.63. The van der Waals surface area contributed by atoms with Crippen LogP contribution in [0, 0.1) is 0 Å². The zero-order chi connectivity index (χ0) is 11.4. The van der Waals surface area contributed by atoms with E-state index in [9.17, 15) is 8.42 Å². The van der Waals surface area contributed by atoms with E-state index >= 15 is 0 Å². The molecular weight excluding hydrogens is 228 g/mol. The van der Waals surface area contributed by atoms with Crippen LogP contribution in [0.4, 0.5) is 0 Å². The van der Waals surface area contributed by atoms with Crippen LogP contribution >= 0.6 is 0 Å². The zero-order valence-corrected chi connectivity index (χ0v) is 9.79. The fourth-order valence-electron chi connectivity index (χ4n) is 2.62. The van der Waals surface area contributed by atoms with Crippen molar-refractivity contribution in [1.82, 2.24) is 19.6 Å². The minimum atomic E-state index is -3.19. The lowest BCUT2D eigenvalue weighted by Gasteiger charge is -2.41. The predicted octanol–water partition coefficient (Wildman–Crippen LogP) is -0.824. The number of sulfonamides is 1. The largest absolute Gasteiger partial charge is 0.325 e. The lowest BCUT2D eigenvalue weighted by atomic mass is 9.89. The molecule has 1 spiro atoms. The predicted molar refractivity (Wildman–Crippen MR) is 58.4 cm³/mol. The summed E-state index contributed by atoms with van der Waals surface area (Å²) in [6, 6.07) is -0.188. The molecule has 88 valence electrons. The number of imidazole rings is 1. The van der Waals surface area contributed by atoms with Crippen molar-refractivity contribution in [2.45, 2.75) is 18.0 Å². The Morgan fingerprint density at radius 3 is 2.94 bits per heavy atom. The Morgan fingerprint density at radius 2 is 2.38 bits per heavy atom. The van der Waals surface area contributed by atoms with Gasteiger partial charge in [-0.25, -0.2) is 18.1 Å². The van der Waals surface area contributed by atoms with E-state index in [2.05, 4.69) is 19.6 Å². The summed E-state index contributed by atoms with van der Waals surface area (Å²) in [5, 5.41) is 3.23. The van der Waals surface area contributed by atoms with E-state index in [1.807, 2.05) is 6.20 Å². The van der Waals surface area contributed by atoms with Crippen LogP contribution in [0.3, 0.4) is 0 Å². The highest BCUT2D eigenvalue weighted by Crippen LogP contribution is 2.40. The van der Waals surface area contributed by atoms with Gasteiger partial charge >= 0.3 is 0 Å². The maximum absolute atomic E-state index is 11.3. The van der Waals surface area contributed by atoms with Gasteiger partial charge in [0.05, 0.1) is 17.8 Å². The van der Waals surface area contributed by atoms with Crippen molar-refractivity contribution in [3.8, 4) is 0 Å². The molecule has 0 bridgehead atoms. The first-order valence-electron chi connectivity index (χ1n) is 5.22. The molecule has 3 rings (SSSR count). The molecule has 0 aromatic carbocycles. The van der Waals surface area contributed by atoms with Gasteiger partial charge in [-0.15, -0.1) is 0 Å². The van der Waals surface area contributed by atoms with Crippen LogP contribution in [0.5, 0.6) is 0 Å². The van der Waals surface area contributed by atoms with Crippen molar-refractivity contribution in [3.63, 3.8) is 0 Å². The van der Waals surface area contributed by atoms with Crippen molar-refractivity contribution in [2.75, 3.05) is 19.3 Å². The number of nitrogens with one attached hydrogen (secondary N) is 2. The van der Waals surface area contributed by atoms with Crippen LogP contribution in [0.15, 0.2) is 12.4 Å². The molecule has 0 amide bonds. The molecule has 2 aliphatic heterocycles. The fraction of sp³-hybridized carbons (Fsp3) is 0.667. The van der Waals surface area contributed by atoms with Crippen LogP contribution in [0.25, 0.3) is 0 Å². The Hall–Kier alpha value is -0.920. The molecule has 2 N–H and O–H groups in total. The number of nitrogens with zero attached hydrogens (tertiary/aromatic N) is 2. The summed E-state index contributed by atoms with van der Waals surface area (Å²) in [5.74, 6) is 0.826. The van der Waals surface area contributed by atoms with E-state index in [4.69, 9.17) is 0 Å². The van der Waals surface area contributed by atoms with Crippen LogP contribution in [-0.4, -0.2) is 37.3 Å². The number of aromatic nitrogens is 2. The van der Waals surface area contributed by atoms with Gasteiger partial charge in [-0.2, -0.15) is 0 Å². The zero-order valence-electron chi connectivity index (χ0n) is 8.97. The lowest BCUT2D eigenvalue weighted by Crippen LogP contribution is -2.58. The maximum Gasteiger partial charge on any atom is 0.209 e. The van der Waals surface area contributed by atoms with E-state index < -0.39 is 10.0 Å². The van der Waals surface area contributed by atoms with E-state index in [-0.39, 0.29) is 11.6 Å². The third-order valence-corrected chi connectivity index (χ3v) is 4.05. The number of hydrogen-bond donors (Lipinski definition) is 2. The summed E-state index contributed by atoms with van der Waals surface area (Å²) in [6.45, 7) is 1.77. The first kappa shape index (κ1) is 10.2. The molecule has 6 nitrogen and oxygen atoms in total. The minimum absolute atomic E-state index is 0.0359. The van der Waals surface area contributed by atoms with Gasteiger partial charge in [0.2, 0.25) is 10.0 Å². The van der Waals surface area contributed by atoms with Gasteiger partial charge in [-0.1, -0.05) is 0 Å². The lowest BCUT2D eigenvalue weighted by molar-refractivity contribution is 0.179. The standard InChI is InChI=1S/C9H14N4O2S/c1-16(14,15)12-7-4-9(5-10-6-9)13-3-2-11-8(7)13/h2-3,7,10,12H,4-6H2,1H3. The van der Waals surface area contributed by atoms with Crippen LogP contribution in [0.2, 0.25) is 0 Å². The van der Waals surface area contributed by atoms with Gasteiger partial charge in [0, 0.05) is 25.5 Å². The molecule has 3 heterocycles. The first-order valence-corrected chi connectivity index (χ1v) is 7.11. The molecule has 1 saturated heterocycles. The molecule has 0 radical (unpaired) electrons. The van der Waals surface area contributed by atoms with Crippen LogP contribution < -0.4 is 10.0 Å². The van der Waals surface area contributed by atoms with Gasteiger partial charge in [0.1, 0.15) is 5.82 Å². The van der Waals surface area contributed by atoms with Gasteiger partial charge < -0.3 is 9.88 Å². The number of rotatable bonds is 2. The van der Waals surface area contributed by atoms with Crippen molar-refractivity contribution in [1.29, 1.82) is 0 Å². The molecule has 1 aromatic rings. The molecule has 0 aliphatic carbocycles. The van der Waals surface area contributed by atoms with Crippen molar-refractivity contribution in [3.05, 3.63) is 18.2 Å². The van der Waals surface area contributed by atoms with E-state index in [1.54, 1.807) is 6.20 Å². The quantitative estimate of drug-likeness (QED) is 0.710. The van der Waals surface area contributed by atoms with Gasteiger partial charge in [-0.05, 0) is 6.42 Å². The topological polar surface area (TPSA) is 76.0 Å². The summed E-state index contributed by atoms with van der Waals surface area (Å²) >= 11 is 0. The Bertz CT molecular complexity index is 517. The molecule has 7 heteroatoms. The average Bonchev–Trinajstić information content (AvgIpc) is 2.62. The normalized spacial score (nSPS) is 26.7. The molecule has 1 atom stereocenters.